The Morgan fingerprint density at radius 1 is 1.13 bits per heavy atom. The predicted octanol–water partition coefficient (Wildman–Crippen LogP) is 3.13. The van der Waals surface area contributed by atoms with Crippen LogP contribution >= 0.6 is 0 Å². The summed E-state index contributed by atoms with van der Waals surface area (Å²) in [4.78, 5) is 6.65. The van der Waals surface area contributed by atoms with Crippen LogP contribution in [0.4, 0.5) is 0 Å². The van der Waals surface area contributed by atoms with Crippen molar-refractivity contribution in [2.75, 3.05) is 19.8 Å². The molecule has 8 heteroatoms. The Morgan fingerprint density at radius 2 is 1.77 bits per heavy atom. The van der Waals surface area contributed by atoms with Crippen LogP contribution in [-0.4, -0.2) is 54.9 Å². The molecule has 1 heterocycles. The Labute approximate surface area is 184 Å². The minimum Gasteiger partial charge on any atom is -0.352 e. The van der Waals surface area contributed by atoms with E-state index >= 15 is 0 Å². The van der Waals surface area contributed by atoms with E-state index in [1.807, 2.05) is 72.3 Å². The van der Waals surface area contributed by atoms with E-state index in [9.17, 15) is 8.42 Å². The molecule has 0 saturated carbocycles. The Kier molecular flexibility index (Phi) is 7.46. The van der Waals surface area contributed by atoms with Crippen molar-refractivity contribution in [1.82, 2.24) is 20.0 Å². The molecule has 0 aliphatic rings. The first-order valence-corrected chi connectivity index (χ1v) is 11.9. The molecule has 2 aromatic carbocycles. The second-order valence-electron chi connectivity index (χ2n) is 7.38. The summed E-state index contributed by atoms with van der Waals surface area (Å²) in [6.07, 6.45) is 4.47. The van der Waals surface area contributed by atoms with E-state index in [2.05, 4.69) is 15.4 Å². The zero-order valence-electron chi connectivity index (χ0n) is 18.1. The highest BCUT2D eigenvalue weighted by molar-refractivity contribution is 7.91. The lowest BCUT2D eigenvalue weighted by Crippen LogP contribution is -2.46. The van der Waals surface area contributed by atoms with E-state index < -0.39 is 9.84 Å². The number of rotatable bonds is 8. The summed E-state index contributed by atoms with van der Waals surface area (Å²) >= 11 is 0. The normalized spacial score (nSPS) is 13.1. The zero-order chi connectivity index (χ0) is 22.3. The number of guanidine groups is 1. The molecule has 0 saturated heterocycles. The van der Waals surface area contributed by atoms with Gasteiger partial charge in [0.15, 0.2) is 15.8 Å². The van der Waals surface area contributed by atoms with Crippen molar-refractivity contribution in [3.63, 3.8) is 0 Å². The van der Waals surface area contributed by atoms with Gasteiger partial charge in [0.25, 0.3) is 0 Å². The first-order chi connectivity index (χ1) is 14.9. The highest BCUT2D eigenvalue weighted by Gasteiger charge is 2.22. The van der Waals surface area contributed by atoms with Gasteiger partial charge in [0, 0.05) is 38.4 Å². The average Bonchev–Trinajstić information content (AvgIpc) is 3.26. The lowest BCUT2D eigenvalue weighted by molar-refractivity contribution is 0.460. The van der Waals surface area contributed by atoms with E-state index in [1.165, 1.54) is 0 Å². The van der Waals surface area contributed by atoms with Gasteiger partial charge in [-0.05, 0) is 30.7 Å². The number of nitrogens with zero attached hydrogens (tertiary/aromatic N) is 4. The monoisotopic (exact) mass is 439 g/mol. The molecule has 7 nitrogen and oxygen atoms in total. The molecule has 3 rings (SSSR count). The third-order valence-corrected chi connectivity index (χ3v) is 6.83. The largest absolute Gasteiger partial charge is 0.352 e. The molecule has 0 radical (unpaired) electrons. The van der Waals surface area contributed by atoms with Gasteiger partial charge in [0.05, 0.1) is 22.5 Å². The molecule has 0 fully saturated rings. The molecule has 0 amide bonds. The fraction of sp³-hybridized carbons (Fsp3) is 0.304. The number of nitrogens with one attached hydrogen (secondary N) is 1. The number of aliphatic imine (C=N–C) groups is 1. The maximum absolute atomic E-state index is 12.8. The van der Waals surface area contributed by atoms with Gasteiger partial charge in [-0.1, -0.05) is 43.3 Å². The molecule has 31 heavy (non-hydrogen) atoms. The second-order valence-corrected chi connectivity index (χ2v) is 9.41. The Morgan fingerprint density at radius 3 is 2.39 bits per heavy atom. The molecule has 1 N–H and O–H groups in total. The SMILES string of the molecule is CCC(CS(=O)(=O)c1ccccc1)NC(=NC)N(C)Cc1cnn(-c2ccccc2)c1. The molecule has 0 aliphatic carbocycles. The van der Waals surface area contributed by atoms with Crippen LogP contribution in [0.25, 0.3) is 5.69 Å². The molecule has 3 aromatic rings. The van der Waals surface area contributed by atoms with E-state index in [0.717, 1.165) is 11.3 Å². The van der Waals surface area contributed by atoms with Crippen molar-refractivity contribution in [1.29, 1.82) is 0 Å². The van der Waals surface area contributed by atoms with Crippen LogP contribution in [0.2, 0.25) is 0 Å². The standard InChI is InChI=1S/C23H29N5O2S/c1-4-20(18-31(29,30)22-13-9-6-10-14-22)26-23(24-2)27(3)16-19-15-25-28(17-19)21-11-7-5-8-12-21/h5-15,17,20H,4,16,18H2,1-3H3,(H,24,26). The highest BCUT2D eigenvalue weighted by atomic mass is 32.2. The quantitative estimate of drug-likeness (QED) is 0.431. The molecule has 1 atom stereocenters. The van der Waals surface area contributed by atoms with Gasteiger partial charge in [-0.15, -0.1) is 0 Å². The van der Waals surface area contributed by atoms with Crippen molar-refractivity contribution in [3.8, 4) is 5.69 Å². The van der Waals surface area contributed by atoms with Crippen molar-refractivity contribution in [2.45, 2.75) is 30.8 Å². The van der Waals surface area contributed by atoms with Crippen LogP contribution in [0.1, 0.15) is 18.9 Å². The van der Waals surface area contributed by atoms with Gasteiger partial charge in [0.2, 0.25) is 0 Å². The number of benzene rings is 2. The Balaban J connectivity index is 1.65. The number of sulfone groups is 1. The maximum atomic E-state index is 12.8. The van der Waals surface area contributed by atoms with Crippen LogP contribution in [0.5, 0.6) is 0 Å². The lowest BCUT2D eigenvalue weighted by Gasteiger charge is -2.26. The van der Waals surface area contributed by atoms with E-state index in [1.54, 1.807) is 31.3 Å². The van der Waals surface area contributed by atoms with Gasteiger partial charge >= 0.3 is 0 Å². The first kappa shape index (κ1) is 22.6. The number of hydrogen-bond donors (Lipinski definition) is 1. The summed E-state index contributed by atoms with van der Waals surface area (Å²) in [6, 6.07) is 18.2. The van der Waals surface area contributed by atoms with Crippen LogP contribution in [0.3, 0.4) is 0 Å². The van der Waals surface area contributed by atoms with Crippen molar-refractivity contribution >= 4 is 15.8 Å². The van der Waals surface area contributed by atoms with Crippen molar-refractivity contribution in [2.24, 2.45) is 4.99 Å². The van der Waals surface area contributed by atoms with E-state index in [4.69, 9.17) is 0 Å². The topological polar surface area (TPSA) is 79.6 Å². The maximum Gasteiger partial charge on any atom is 0.193 e. The summed E-state index contributed by atoms with van der Waals surface area (Å²) in [6.45, 7) is 2.56. The first-order valence-electron chi connectivity index (χ1n) is 10.2. The van der Waals surface area contributed by atoms with Gasteiger partial charge in [0.1, 0.15) is 0 Å². The van der Waals surface area contributed by atoms with Crippen LogP contribution in [-0.2, 0) is 16.4 Å². The summed E-state index contributed by atoms with van der Waals surface area (Å²) < 4.78 is 27.4. The fourth-order valence-corrected chi connectivity index (χ4v) is 4.90. The molecule has 0 spiro atoms. The van der Waals surface area contributed by atoms with Gasteiger partial charge in [-0.25, -0.2) is 13.1 Å². The fourth-order valence-electron chi connectivity index (χ4n) is 3.29. The van der Waals surface area contributed by atoms with Crippen LogP contribution < -0.4 is 5.32 Å². The van der Waals surface area contributed by atoms with Crippen molar-refractivity contribution < 1.29 is 8.42 Å². The molecular weight excluding hydrogens is 410 g/mol. The minimum absolute atomic E-state index is 0.00626. The van der Waals surface area contributed by atoms with Gasteiger partial charge in [-0.3, -0.25) is 4.99 Å². The van der Waals surface area contributed by atoms with E-state index in [0.29, 0.717) is 23.8 Å². The van der Waals surface area contributed by atoms with Crippen molar-refractivity contribution in [3.05, 3.63) is 78.6 Å². The second kappa shape index (κ2) is 10.3. The Hall–Kier alpha value is -3.13. The van der Waals surface area contributed by atoms with Gasteiger partial charge in [-0.2, -0.15) is 5.10 Å². The summed E-state index contributed by atoms with van der Waals surface area (Å²) in [7, 11) is 0.237. The Bertz CT molecular complexity index is 1100. The lowest BCUT2D eigenvalue weighted by atomic mass is 10.2. The van der Waals surface area contributed by atoms with Crippen LogP contribution in [0, 0.1) is 0 Å². The average molecular weight is 440 g/mol. The molecular formula is C23H29N5O2S. The number of para-hydroxylation sites is 1. The molecule has 164 valence electrons. The summed E-state index contributed by atoms with van der Waals surface area (Å²) in [5, 5.41) is 7.74. The number of aromatic nitrogens is 2. The zero-order valence-corrected chi connectivity index (χ0v) is 19.0. The molecule has 0 bridgehead atoms. The predicted molar refractivity (Wildman–Crippen MR) is 124 cm³/mol. The molecule has 1 unspecified atom stereocenters. The third-order valence-electron chi connectivity index (χ3n) is 5.00. The van der Waals surface area contributed by atoms with Crippen LogP contribution in [0.15, 0.2) is 82.9 Å². The third kappa shape index (κ3) is 5.95. The molecule has 1 aromatic heterocycles. The highest BCUT2D eigenvalue weighted by Crippen LogP contribution is 2.13. The van der Waals surface area contributed by atoms with E-state index in [-0.39, 0.29) is 11.8 Å². The summed E-state index contributed by atoms with van der Waals surface area (Å²) in [5.41, 5.74) is 2.02. The summed E-state index contributed by atoms with van der Waals surface area (Å²) in [5.74, 6) is 0.648. The minimum atomic E-state index is -3.39. The number of hydrogen-bond acceptors (Lipinski definition) is 4. The molecule has 0 aliphatic heterocycles. The smallest absolute Gasteiger partial charge is 0.193 e. The van der Waals surface area contributed by atoms with Gasteiger partial charge < -0.3 is 10.2 Å².